The average molecular weight is 225 g/mol. The molecular weight excluding hydrogens is 212 g/mol. The molecule has 1 atom stereocenters. The number of hydrogen-bond donors (Lipinski definition) is 0. The second-order valence-corrected chi connectivity index (χ2v) is 4.76. The first-order chi connectivity index (χ1) is 5.68. The molecule has 0 spiro atoms. The monoisotopic (exact) mass is 224 g/mol. The molecule has 0 radical (unpaired) electrons. The van der Waals surface area contributed by atoms with Gasteiger partial charge in [0, 0.05) is 4.83 Å². The highest BCUT2D eigenvalue weighted by Gasteiger charge is 2.21. The fraction of sp³-hybridized carbons (Fsp3) is 0.455. The zero-order valence-corrected chi connectivity index (χ0v) is 9.11. The number of fused-ring (bicyclic) bond motifs is 1. The van der Waals surface area contributed by atoms with E-state index in [2.05, 4.69) is 41.9 Å². The second kappa shape index (κ2) is 2.88. The SMILES string of the molecule is Cc1cc(C)c2c(c1)C(Br)CC2. The van der Waals surface area contributed by atoms with E-state index in [1.165, 1.54) is 29.5 Å². The fourth-order valence-electron chi connectivity index (χ4n) is 2.08. The molecule has 0 amide bonds. The van der Waals surface area contributed by atoms with Crippen molar-refractivity contribution in [3.63, 3.8) is 0 Å². The van der Waals surface area contributed by atoms with E-state index in [0.29, 0.717) is 4.83 Å². The zero-order valence-electron chi connectivity index (χ0n) is 7.52. The molecule has 1 aromatic carbocycles. The van der Waals surface area contributed by atoms with Gasteiger partial charge in [0.25, 0.3) is 0 Å². The largest absolute Gasteiger partial charge is 0.0839 e. The van der Waals surface area contributed by atoms with Gasteiger partial charge in [-0.05, 0) is 43.4 Å². The summed E-state index contributed by atoms with van der Waals surface area (Å²) >= 11 is 3.71. The van der Waals surface area contributed by atoms with Crippen molar-refractivity contribution in [2.45, 2.75) is 31.5 Å². The molecule has 0 aliphatic heterocycles. The number of rotatable bonds is 0. The highest BCUT2D eigenvalue weighted by atomic mass is 79.9. The van der Waals surface area contributed by atoms with Gasteiger partial charge in [0.2, 0.25) is 0 Å². The maximum Gasteiger partial charge on any atom is 0.0401 e. The Morgan fingerprint density at radius 1 is 1.33 bits per heavy atom. The third-order valence-corrected chi connectivity index (χ3v) is 3.59. The highest BCUT2D eigenvalue weighted by molar-refractivity contribution is 9.09. The third-order valence-electron chi connectivity index (χ3n) is 2.64. The van der Waals surface area contributed by atoms with E-state index >= 15 is 0 Å². The Hall–Kier alpha value is -0.300. The van der Waals surface area contributed by atoms with Gasteiger partial charge in [-0.2, -0.15) is 0 Å². The Kier molecular flexibility index (Phi) is 1.99. The first-order valence-corrected chi connectivity index (χ1v) is 5.34. The van der Waals surface area contributed by atoms with E-state index in [0.717, 1.165) is 0 Å². The molecule has 0 saturated carbocycles. The quantitative estimate of drug-likeness (QED) is 0.591. The lowest BCUT2D eigenvalue weighted by Crippen LogP contribution is -1.89. The van der Waals surface area contributed by atoms with Crippen LogP contribution in [0.15, 0.2) is 12.1 Å². The molecule has 1 aliphatic rings. The van der Waals surface area contributed by atoms with E-state index < -0.39 is 0 Å². The molecule has 12 heavy (non-hydrogen) atoms. The van der Waals surface area contributed by atoms with Gasteiger partial charge < -0.3 is 0 Å². The molecule has 1 aliphatic carbocycles. The molecule has 0 bridgehead atoms. The molecule has 1 unspecified atom stereocenters. The van der Waals surface area contributed by atoms with E-state index in [4.69, 9.17) is 0 Å². The summed E-state index contributed by atoms with van der Waals surface area (Å²) in [5.74, 6) is 0. The molecule has 1 heteroatoms. The summed E-state index contributed by atoms with van der Waals surface area (Å²) in [4.78, 5) is 0.603. The standard InChI is InChI=1S/C11H13Br/c1-7-5-8(2)9-3-4-11(12)10(9)6-7/h5-6,11H,3-4H2,1-2H3. The highest BCUT2D eigenvalue weighted by Crippen LogP contribution is 2.39. The number of hydrogen-bond acceptors (Lipinski definition) is 0. The van der Waals surface area contributed by atoms with Crippen LogP contribution >= 0.6 is 15.9 Å². The predicted molar refractivity (Wildman–Crippen MR) is 55.9 cm³/mol. The van der Waals surface area contributed by atoms with Crippen LogP contribution in [0.1, 0.15) is 33.5 Å². The number of halogens is 1. The summed E-state index contributed by atoms with van der Waals surface area (Å²) in [6.07, 6.45) is 2.51. The van der Waals surface area contributed by atoms with Crippen molar-refractivity contribution in [1.82, 2.24) is 0 Å². The number of alkyl halides is 1. The maximum atomic E-state index is 3.71. The van der Waals surface area contributed by atoms with Gasteiger partial charge in [-0.25, -0.2) is 0 Å². The predicted octanol–water partition coefficient (Wildman–Crippen LogP) is 3.69. The van der Waals surface area contributed by atoms with Gasteiger partial charge in [-0.15, -0.1) is 0 Å². The normalized spacial score (nSPS) is 21.1. The van der Waals surface area contributed by atoms with E-state index in [9.17, 15) is 0 Å². The van der Waals surface area contributed by atoms with Crippen LogP contribution in [0, 0.1) is 13.8 Å². The molecule has 0 aromatic heterocycles. The Balaban J connectivity index is 2.60. The molecule has 64 valence electrons. The third kappa shape index (κ3) is 1.20. The summed E-state index contributed by atoms with van der Waals surface area (Å²) in [6.45, 7) is 4.39. The smallest absolute Gasteiger partial charge is 0.0401 e. The van der Waals surface area contributed by atoms with E-state index in [-0.39, 0.29) is 0 Å². The van der Waals surface area contributed by atoms with Crippen LogP contribution in [0.25, 0.3) is 0 Å². The maximum absolute atomic E-state index is 3.71. The molecule has 0 nitrogen and oxygen atoms in total. The summed E-state index contributed by atoms with van der Waals surface area (Å²) < 4.78 is 0. The van der Waals surface area contributed by atoms with E-state index in [1.54, 1.807) is 5.56 Å². The van der Waals surface area contributed by atoms with E-state index in [1.807, 2.05) is 0 Å². The van der Waals surface area contributed by atoms with Crippen LogP contribution in [-0.2, 0) is 6.42 Å². The molecule has 0 fully saturated rings. The molecule has 1 aromatic rings. The Bertz CT molecular complexity index is 315. The summed E-state index contributed by atoms with van der Waals surface area (Å²) in [5, 5.41) is 0. The van der Waals surface area contributed by atoms with Crippen molar-refractivity contribution in [2.75, 3.05) is 0 Å². The minimum Gasteiger partial charge on any atom is -0.0839 e. The lowest BCUT2D eigenvalue weighted by Gasteiger charge is -2.07. The minimum atomic E-state index is 0.603. The van der Waals surface area contributed by atoms with Crippen molar-refractivity contribution in [1.29, 1.82) is 0 Å². The van der Waals surface area contributed by atoms with Crippen molar-refractivity contribution in [3.8, 4) is 0 Å². The van der Waals surface area contributed by atoms with Gasteiger partial charge in [0.05, 0.1) is 0 Å². The number of aryl methyl sites for hydroxylation is 2. The summed E-state index contributed by atoms with van der Waals surface area (Å²) in [6, 6.07) is 4.60. The topological polar surface area (TPSA) is 0 Å². The minimum absolute atomic E-state index is 0.603. The van der Waals surface area contributed by atoms with Crippen LogP contribution in [0.5, 0.6) is 0 Å². The van der Waals surface area contributed by atoms with Gasteiger partial charge in [-0.1, -0.05) is 33.6 Å². The first kappa shape index (κ1) is 8.31. The van der Waals surface area contributed by atoms with Gasteiger partial charge in [-0.3, -0.25) is 0 Å². The lowest BCUT2D eigenvalue weighted by molar-refractivity contribution is 0.901. The van der Waals surface area contributed by atoms with Crippen LogP contribution in [0.4, 0.5) is 0 Å². The zero-order chi connectivity index (χ0) is 8.72. The van der Waals surface area contributed by atoms with Gasteiger partial charge >= 0.3 is 0 Å². The Labute approximate surface area is 82.1 Å². The van der Waals surface area contributed by atoms with Crippen molar-refractivity contribution >= 4 is 15.9 Å². The first-order valence-electron chi connectivity index (χ1n) is 4.42. The van der Waals surface area contributed by atoms with Crippen molar-refractivity contribution in [2.24, 2.45) is 0 Å². The Morgan fingerprint density at radius 3 is 2.83 bits per heavy atom. The van der Waals surface area contributed by atoms with Gasteiger partial charge in [0.1, 0.15) is 0 Å². The summed E-state index contributed by atoms with van der Waals surface area (Å²) in [7, 11) is 0. The van der Waals surface area contributed by atoms with Crippen LogP contribution in [0.3, 0.4) is 0 Å². The van der Waals surface area contributed by atoms with Crippen LogP contribution in [0.2, 0.25) is 0 Å². The molecule has 0 saturated heterocycles. The van der Waals surface area contributed by atoms with Crippen molar-refractivity contribution < 1.29 is 0 Å². The molecule has 2 rings (SSSR count). The number of benzene rings is 1. The lowest BCUT2D eigenvalue weighted by atomic mass is 10.0. The van der Waals surface area contributed by atoms with Crippen LogP contribution < -0.4 is 0 Å². The molecular formula is C11H13Br. The summed E-state index contributed by atoms with van der Waals surface area (Å²) in [5.41, 5.74) is 5.94. The van der Waals surface area contributed by atoms with Gasteiger partial charge in [0.15, 0.2) is 0 Å². The van der Waals surface area contributed by atoms with Crippen molar-refractivity contribution in [3.05, 3.63) is 34.4 Å². The molecule has 0 N–H and O–H groups in total. The fourth-order valence-corrected chi connectivity index (χ4v) is 2.72. The average Bonchev–Trinajstić information content (AvgIpc) is 2.33. The van der Waals surface area contributed by atoms with Crippen LogP contribution in [-0.4, -0.2) is 0 Å². The second-order valence-electron chi connectivity index (χ2n) is 3.66. The molecule has 0 heterocycles. The Morgan fingerprint density at radius 2 is 2.08 bits per heavy atom.